The van der Waals surface area contributed by atoms with Crippen LogP contribution in [0.3, 0.4) is 0 Å². The number of benzene rings is 2. The van der Waals surface area contributed by atoms with Crippen LogP contribution >= 0.6 is 0 Å². The minimum atomic E-state index is -0.233. The third kappa shape index (κ3) is 4.97. The zero-order valence-electron chi connectivity index (χ0n) is 17.4. The third-order valence-electron chi connectivity index (χ3n) is 4.79. The van der Waals surface area contributed by atoms with Gasteiger partial charge < -0.3 is 20.7 Å². The van der Waals surface area contributed by atoms with Crippen molar-refractivity contribution in [2.45, 2.75) is 20.3 Å². The largest absolute Gasteiger partial charge is 0.497 e. The molecule has 3 rings (SSSR count). The van der Waals surface area contributed by atoms with E-state index in [9.17, 15) is 10.1 Å². The topological polar surface area (TPSA) is 99.1 Å². The Kier molecular flexibility index (Phi) is 6.71. The van der Waals surface area contributed by atoms with Crippen LogP contribution in [0.15, 0.2) is 42.5 Å². The van der Waals surface area contributed by atoms with E-state index in [2.05, 4.69) is 27.0 Å². The molecule has 0 unspecified atom stereocenters. The quantitative estimate of drug-likeness (QED) is 0.509. The van der Waals surface area contributed by atoms with Gasteiger partial charge in [-0.05, 0) is 55.7 Å². The number of ether oxygens (including phenoxy) is 1. The van der Waals surface area contributed by atoms with E-state index in [1.165, 1.54) is 0 Å². The molecule has 0 aliphatic carbocycles. The van der Waals surface area contributed by atoms with E-state index in [0.717, 1.165) is 33.5 Å². The second-order valence-corrected chi connectivity index (χ2v) is 6.98. The van der Waals surface area contributed by atoms with E-state index >= 15 is 0 Å². The van der Waals surface area contributed by atoms with Crippen LogP contribution < -0.4 is 20.7 Å². The Labute approximate surface area is 176 Å². The Hall–Kier alpha value is -3.79. The second kappa shape index (κ2) is 9.61. The molecular weight excluding hydrogens is 378 g/mol. The van der Waals surface area contributed by atoms with Gasteiger partial charge in [-0.25, -0.2) is 9.78 Å². The number of hydrogen-bond acceptors (Lipinski definition) is 5. The lowest BCUT2D eigenvalue weighted by atomic mass is 10.1. The fourth-order valence-corrected chi connectivity index (χ4v) is 3.17. The summed E-state index contributed by atoms with van der Waals surface area (Å²) in [6, 6.07) is 15.2. The maximum Gasteiger partial charge on any atom is 0.319 e. The first-order valence-corrected chi connectivity index (χ1v) is 9.75. The van der Waals surface area contributed by atoms with Crippen LogP contribution in [0, 0.1) is 25.2 Å². The molecule has 0 bridgehead atoms. The minimum absolute atomic E-state index is 0.233. The fourth-order valence-electron chi connectivity index (χ4n) is 3.17. The normalized spacial score (nSPS) is 10.3. The first-order chi connectivity index (χ1) is 14.5. The van der Waals surface area contributed by atoms with Crippen LogP contribution in [-0.4, -0.2) is 31.2 Å². The number of anilines is 2. The van der Waals surface area contributed by atoms with Gasteiger partial charge in [-0.3, -0.25) is 0 Å². The molecule has 0 saturated heterocycles. The van der Waals surface area contributed by atoms with Crippen LogP contribution in [0.4, 0.5) is 16.3 Å². The number of carbonyl (C=O) groups is 1. The zero-order valence-corrected chi connectivity index (χ0v) is 17.4. The number of methoxy groups -OCH3 is 1. The molecule has 3 aromatic rings. The number of rotatable bonds is 7. The first-order valence-electron chi connectivity index (χ1n) is 9.75. The third-order valence-corrected chi connectivity index (χ3v) is 4.79. The fraction of sp³-hybridized carbons (Fsp3) is 0.261. The summed E-state index contributed by atoms with van der Waals surface area (Å²) in [5.74, 6) is 1.26. The van der Waals surface area contributed by atoms with Crippen molar-refractivity contribution in [3.63, 3.8) is 0 Å². The maximum atomic E-state index is 12.1. The number of nitriles is 1. The molecule has 0 saturated carbocycles. The van der Waals surface area contributed by atoms with E-state index in [1.54, 1.807) is 13.2 Å². The Morgan fingerprint density at radius 2 is 1.90 bits per heavy atom. The Morgan fingerprint density at radius 1 is 1.13 bits per heavy atom. The SMILES string of the molecule is COc1ccc2nc(NCCCNC(=O)Nc3c(C)cccc3C)c(C#N)cc2c1. The number of carbonyl (C=O) groups excluding carboxylic acids is 1. The molecule has 0 aliphatic heterocycles. The monoisotopic (exact) mass is 403 g/mol. The molecule has 2 amide bonds. The molecule has 30 heavy (non-hydrogen) atoms. The lowest BCUT2D eigenvalue weighted by molar-refractivity contribution is 0.252. The van der Waals surface area contributed by atoms with Crippen LogP contribution in [-0.2, 0) is 0 Å². The van der Waals surface area contributed by atoms with E-state index in [0.29, 0.717) is 30.9 Å². The summed E-state index contributed by atoms with van der Waals surface area (Å²) in [5.41, 5.74) is 4.13. The molecule has 1 heterocycles. The van der Waals surface area contributed by atoms with Crippen LogP contribution in [0.1, 0.15) is 23.1 Å². The zero-order chi connectivity index (χ0) is 21.5. The number of nitrogens with zero attached hydrogens (tertiary/aromatic N) is 2. The molecule has 0 fully saturated rings. The summed E-state index contributed by atoms with van der Waals surface area (Å²) in [4.78, 5) is 16.7. The number of pyridine rings is 1. The van der Waals surface area contributed by atoms with Gasteiger partial charge in [-0.1, -0.05) is 18.2 Å². The van der Waals surface area contributed by atoms with Crippen molar-refractivity contribution in [2.75, 3.05) is 30.8 Å². The van der Waals surface area contributed by atoms with Crippen molar-refractivity contribution in [3.8, 4) is 11.8 Å². The van der Waals surface area contributed by atoms with Crippen molar-refractivity contribution in [3.05, 3.63) is 59.2 Å². The number of aryl methyl sites for hydroxylation is 2. The molecule has 0 spiro atoms. The van der Waals surface area contributed by atoms with Crippen molar-refractivity contribution < 1.29 is 9.53 Å². The molecule has 0 aliphatic rings. The number of nitrogens with one attached hydrogen (secondary N) is 3. The van der Waals surface area contributed by atoms with Gasteiger partial charge in [-0.15, -0.1) is 0 Å². The molecule has 154 valence electrons. The number of amides is 2. The average Bonchev–Trinajstić information content (AvgIpc) is 2.75. The molecule has 0 radical (unpaired) electrons. The van der Waals surface area contributed by atoms with Gasteiger partial charge in [0.15, 0.2) is 0 Å². The highest BCUT2D eigenvalue weighted by atomic mass is 16.5. The maximum absolute atomic E-state index is 12.1. The van der Waals surface area contributed by atoms with Crippen LogP contribution in [0.5, 0.6) is 5.75 Å². The molecule has 7 nitrogen and oxygen atoms in total. The summed E-state index contributed by atoms with van der Waals surface area (Å²) in [6.07, 6.45) is 0.688. The second-order valence-electron chi connectivity index (χ2n) is 6.98. The van der Waals surface area contributed by atoms with Crippen LogP contribution in [0.2, 0.25) is 0 Å². The Bertz CT molecular complexity index is 1080. The molecule has 7 heteroatoms. The van der Waals surface area contributed by atoms with Gasteiger partial charge in [0, 0.05) is 24.2 Å². The van der Waals surface area contributed by atoms with Gasteiger partial charge in [0.05, 0.1) is 18.2 Å². The number of fused-ring (bicyclic) bond motifs is 1. The van der Waals surface area contributed by atoms with Gasteiger partial charge in [0.1, 0.15) is 17.6 Å². The van der Waals surface area contributed by atoms with Gasteiger partial charge in [0.2, 0.25) is 0 Å². The average molecular weight is 403 g/mol. The molecule has 1 aromatic heterocycles. The standard InChI is InChI=1S/C23H25N5O2/c1-15-6-4-7-16(2)21(15)28-23(29)26-11-5-10-25-22-18(14-24)12-17-13-19(30-3)8-9-20(17)27-22/h4,6-9,12-13H,5,10-11H2,1-3H3,(H,25,27)(H2,26,28,29). The summed E-state index contributed by atoms with van der Waals surface area (Å²) in [5, 5.41) is 19.2. The summed E-state index contributed by atoms with van der Waals surface area (Å²) >= 11 is 0. The summed E-state index contributed by atoms with van der Waals surface area (Å²) in [6.45, 7) is 5.00. The van der Waals surface area contributed by atoms with E-state index in [-0.39, 0.29) is 6.03 Å². The number of para-hydroxylation sites is 1. The van der Waals surface area contributed by atoms with Gasteiger partial charge >= 0.3 is 6.03 Å². The Balaban J connectivity index is 1.52. The van der Waals surface area contributed by atoms with Crippen LogP contribution in [0.25, 0.3) is 10.9 Å². The highest BCUT2D eigenvalue weighted by Gasteiger charge is 2.08. The lowest BCUT2D eigenvalue weighted by Crippen LogP contribution is -2.31. The highest BCUT2D eigenvalue weighted by Crippen LogP contribution is 2.24. The van der Waals surface area contributed by atoms with Crippen molar-refractivity contribution in [1.29, 1.82) is 5.26 Å². The van der Waals surface area contributed by atoms with Crippen molar-refractivity contribution in [2.24, 2.45) is 0 Å². The van der Waals surface area contributed by atoms with Gasteiger partial charge in [-0.2, -0.15) is 5.26 Å². The molecule has 3 N–H and O–H groups in total. The number of urea groups is 1. The number of aromatic nitrogens is 1. The first kappa shape index (κ1) is 20.9. The highest BCUT2D eigenvalue weighted by molar-refractivity contribution is 5.91. The smallest absolute Gasteiger partial charge is 0.319 e. The lowest BCUT2D eigenvalue weighted by Gasteiger charge is -2.13. The predicted molar refractivity (Wildman–Crippen MR) is 119 cm³/mol. The van der Waals surface area contributed by atoms with E-state index < -0.39 is 0 Å². The molecular formula is C23H25N5O2. The van der Waals surface area contributed by atoms with Gasteiger partial charge in [0.25, 0.3) is 0 Å². The summed E-state index contributed by atoms with van der Waals surface area (Å²) < 4.78 is 5.22. The Morgan fingerprint density at radius 3 is 2.60 bits per heavy atom. The number of hydrogen-bond donors (Lipinski definition) is 3. The predicted octanol–water partition coefficient (Wildman–Crippen LogP) is 4.36. The minimum Gasteiger partial charge on any atom is -0.497 e. The summed E-state index contributed by atoms with van der Waals surface area (Å²) in [7, 11) is 1.60. The molecule has 0 atom stereocenters. The van der Waals surface area contributed by atoms with Crippen molar-refractivity contribution >= 4 is 28.4 Å². The van der Waals surface area contributed by atoms with Crippen molar-refractivity contribution in [1.82, 2.24) is 10.3 Å². The molecule has 2 aromatic carbocycles. The van der Waals surface area contributed by atoms with E-state index in [4.69, 9.17) is 4.74 Å². The van der Waals surface area contributed by atoms with E-state index in [1.807, 2.05) is 50.2 Å².